The minimum Gasteiger partial charge on any atom is -0.316 e. The van der Waals surface area contributed by atoms with Crippen LogP contribution < -0.4 is 5.32 Å². The van der Waals surface area contributed by atoms with Crippen LogP contribution >= 0.6 is 27.3 Å². The number of thiophene rings is 1. The van der Waals surface area contributed by atoms with Crippen LogP contribution in [-0.2, 0) is 12.8 Å². The van der Waals surface area contributed by atoms with Crippen molar-refractivity contribution in [1.29, 1.82) is 0 Å². The van der Waals surface area contributed by atoms with Gasteiger partial charge in [0, 0.05) is 21.3 Å². The first kappa shape index (κ1) is 15.2. The van der Waals surface area contributed by atoms with Gasteiger partial charge in [0.25, 0.3) is 0 Å². The van der Waals surface area contributed by atoms with Crippen LogP contribution in [-0.4, -0.2) is 13.1 Å². The van der Waals surface area contributed by atoms with E-state index in [0.717, 1.165) is 16.5 Å². The average molecular weight is 368 g/mol. The van der Waals surface area contributed by atoms with Gasteiger partial charge in [-0.2, -0.15) is 0 Å². The van der Waals surface area contributed by atoms with Crippen molar-refractivity contribution in [3.63, 3.8) is 0 Å². The molecule has 0 saturated heterocycles. The van der Waals surface area contributed by atoms with Crippen molar-refractivity contribution in [2.24, 2.45) is 0 Å². The summed E-state index contributed by atoms with van der Waals surface area (Å²) in [5.74, 6) is 0.364. The molecule has 1 aliphatic rings. The number of hydrogen-bond donors (Lipinski definition) is 1. The minimum atomic E-state index is -0.164. The van der Waals surface area contributed by atoms with E-state index in [1.807, 2.05) is 18.4 Å². The molecule has 0 saturated carbocycles. The number of benzene rings is 1. The standard InChI is InChI=1S/C17H19BrFNS/c1-20-16(10-11-9-12(19)5-6-15(11)18)13-3-2-4-17-14(13)7-8-21-17/h5-9,13,16,20H,2-4,10H2,1H3. The molecule has 1 aliphatic carbocycles. The Labute approximate surface area is 137 Å². The molecule has 1 heterocycles. The van der Waals surface area contributed by atoms with Crippen LogP contribution in [0.1, 0.15) is 34.8 Å². The van der Waals surface area contributed by atoms with Gasteiger partial charge < -0.3 is 5.32 Å². The molecule has 0 radical (unpaired) electrons. The van der Waals surface area contributed by atoms with E-state index in [0.29, 0.717) is 12.0 Å². The highest BCUT2D eigenvalue weighted by Gasteiger charge is 2.28. The molecule has 2 aromatic rings. The molecule has 4 heteroatoms. The Morgan fingerprint density at radius 3 is 3.10 bits per heavy atom. The highest BCUT2D eigenvalue weighted by atomic mass is 79.9. The topological polar surface area (TPSA) is 12.0 Å². The van der Waals surface area contributed by atoms with E-state index in [1.54, 1.807) is 12.1 Å². The Morgan fingerprint density at radius 2 is 2.29 bits per heavy atom. The average Bonchev–Trinajstić information content (AvgIpc) is 2.96. The van der Waals surface area contributed by atoms with Crippen molar-refractivity contribution < 1.29 is 4.39 Å². The summed E-state index contributed by atoms with van der Waals surface area (Å²) in [5, 5.41) is 5.66. The molecule has 0 spiro atoms. The lowest BCUT2D eigenvalue weighted by Crippen LogP contribution is -2.35. The maximum absolute atomic E-state index is 13.5. The number of hydrogen-bond acceptors (Lipinski definition) is 2. The summed E-state index contributed by atoms with van der Waals surface area (Å²) in [4.78, 5) is 1.53. The summed E-state index contributed by atoms with van der Waals surface area (Å²) >= 11 is 5.42. The fourth-order valence-electron chi connectivity index (χ4n) is 3.32. The predicted octanol–water partition coefficient (Wildman–Crippen LogP) is 4.90. The smallest absolute Gasteiger partial charge is 0.123 e. The van der Waals surface area contributed by atoms with Crippen LogP contribution in [0, 0.1) is 5.82 Å². The zero-order valence-electron chi connectivity index (χ0n) is 12.0. The van der Waals surface area contributed by atoms with E-state index in [1.165, 1.54) is 35.8 Å². The van der Waals surface area contributed by atoms with Gasteiger partial charge in [-0.3, -0.25) is 0 Å². The third-order valence-corrected chi connectivity index (χ3v) is 6.17. The first-order chi connectivity index (χ1) is 10.2. The maximum atomic E-state index is 13.5. The normalized spacial score (nSPS) is 19.3. The second kappa shape index (κ2) is 6.59. The first-order valence-electron chi connectivity index (χ1n) is 7.36. The summed E-state index contributed by atoms with van der Waals surface area (Å²) < 4.78 is 14.5. The van der Waals surface area contributed by atoms with Crippen LogP contribution in [0.25, 0.3) is 0 Å². The summed E-state index contributed by atoms with van der Waals surface area (Å²) in [5.41, 5.74) is 2.54. The summed E-state index contributed by atoms with van der Waals surface area (Å²) in [6.45, 7) is 0. The largest absolute Gasteiger partial charge is 0.316 e. The molecule has 1 aromatic carbocycles. The number of nitrogens with one attached hydrogen (secondary N) is 1. The molecule has 112 valence electrons. The van der Waals surface area contributed by atoms with Gasteiger partial charge in [0.15, 0.2) is 0 Å². The summed E-state index contributed by atoms with van der Waals surface area (Å²) in [6.07, 6.45) is 4.52. The van der Waals surface area contributed by atoms with Gasteiger partial charge in [-0.05, 0) is 73.5 Å². The van der Waals surface area contributed by atoms with E-state index >= 15 is 0 Å². The third kappa shape index (κ3) is 3.22. The van der Waals surface area contributed by atoms with Gasteiger partial charge in [0.05, 0.1) is 0 Å². The van der Waals surface area contributed by atoms with Gasteiger partial charge in [-0.25, -0.2) is 4.39 Å². The van der Waals surface area contributed by atoms with Crippen molar-refractivity contribution in [2.45, 2.75) is 37.6 Å². The van der Waals surface area contributed by atoms with Crippen LogP contribution in [0.4, 0.5) is 4.39 Å². The molecule has 1 nitrogen and oxygen atoms in total. The first-order valence-corrected chi connectivity index (χ1v) is 9.03. The fraction of sp³-hybridized carbons (Fsp3) is 0.412. The second-order valence-electron chi connectivity index (χ2n) is 5.63. The van der Waals surface area contributed by atoms with E-state index in [-0.39, 0.29) is 5.82 Å². The van der Waals surface area contributed by atoms with Crippen molar-refractivity contribution in [3.8, 4) is 0 Å². The van der Waals surface area contributed by atoms with Crippen LogP contribution in [0.2, 0.25) is 0 Å². The molecule has 21 heavy (non-hydrogen) atoms. The molecule has 2 atom stereocenters. The van der Waals surface area contributed by atoms with E-state index in [9.17, 15) is 4.39 Å². The Morgan fingerprint density at radius 1 is 1.43 bits per heavy atom. The number of likely N-dealkylation sites (N-methyl/N-ethyl adjacent to an activating group) is 1. The number of aryl methyl sites for hydroxylation is 1. The lowest BCUT2D eigenvalue weighted by molar-refractivity contribution is 0.413. The third-order valence-electron chi connectivity index (χ3n) is 4.40. The van der Waals surface area contributed by atoms with Gasteiger partial charge >= 0.3 is 0 Å². The van der Waals surface area contributed by atoms with E-state index in [2.05, 4.69) is 32.7 Å². The molecule has 0 amide bonds. The Bertz CT molecular complexity index is 625. The molecule has 0 bridgehead atoms. The van der Waals surface area contributed by atoms with E-state index < -0.39 is 0 Å². The number of halogens is 2. The fourth-order valence-corrected chi connectivity index (χ4v) is 4.73. The SMILES string of the molecule is CNC(Cc1cc(F)ccc1Br)C1CCCc2sccc21. The van der Waals surface area contributed by atoms with Gasteiger partial charge in [0.2, 0.25) is 0 Å². The molecule has 0 aliphatic heterocycles. The Hall–Kier alpha value is -0.710. The second-order valence-corrected chi connectivity index (χ2v) is 7.49. The van der Waals surface area contributed by atoms with Gasteiger partial charge in [-0.15, -0.1) is 11.3 Å². The quantitative estimate of drug-likeness (QED) is 0.809. The number of rotatable bonds is 4. The lowest BCUT2D eigenvalue weighted by Gasteiger charge is -2.31. The Kier molecular flexibility index (Phi) is 4.77. The molecule has 0 fully saturated rings. The summed E-state index contributed by atoms with van der Waals surface area (Å²) in [7, 11) is 2.01. The predicted molar refractivity (Wildman–Crippen MR) is 90.6 cm³/mol. The molecule has 1 aromatic heterocycles. The summed E-state index contributed by atoms with van der Waals surface area (Å²) in [6, 6.07) is 7.56. The van der Waals surface area contributed by atoms with Crippen molar-refractivity contribution in [2.75, 3.05) is 7.05 Å². The minimum absolute atomic E-state index is 0.164. The van der Waals surface area contributed by atoms with Crippen LogP contribution in [0.15, 0.2) is 34.1 Å². The van der Waals surface area contributed by atoms with Crippen molar-refractivity contribution in [3.05, 3.63) is 55.9 Å². The van der Waals surface area contributed by atoms with Crippen molar-refractivity contribution in [1.82, 2.24) is 5.32 Å². The van der Waals surface area contributed by atoms with Gasteiger partial charge in [0.1, 0.15) is 5.82 Å². The zero-order valence-corrected chi connectivity index (χ0v) is 14.4. The van der Waals surface area contributed by atoms with Gasteiger partial charge in [-0.1, -0.05) is 15.9 Å². The molecule has 1 N–H and O–H groups in total. The molecule has 2 unspecified atom stereocenters. The zero-order chi connectivity index (χ0) is 14.8. The Balaban J connectivity index is 1.85. The molecule has 3 rings (SSSR count). The number of fused-ring (bicyclic) bond motifs is 1. The molecular formula is C17H19BrFNS. The lowest BCUT2D eigenvalue weighted by atomic mass is 9.80. The maximum Gasteiger partial charge on any atom is 0.123 e. The highest BCUT2D eigenvalue weighted by Crippen LogP contribution is 2.38. The van der Waals surface area contributed by atoms with Crippen LogP contribution in [0.3, 0.4) is 0 Å². The van der Waals surface area contributed by atoms with E-state index in [4.69, 9.17) is 0 Å². The molecular weight excluding hydrogens is 349 g/mol. The monoisotopic (exact) mass is 367 g/mol. The highest BCUT2D eigenvalue weighted by molar-refractivity contribution is 9.10. The van der Waals surface area contributed by atoms with Crippen LogP contribution in [0.5, 0.6) is 0 Å². The van der Waals surface area contributed by atoms with Crippen molar-refractivity contribution >= 4 is 27.3 Å².